The predicted molar refractivity (Wildman–Crippen MR) is 63.0 cm³/mol. The van der Waals surface area contributed by atoms with Gasteiger partial charge in [0.25, 0.3) is 0 Å². The van der Waals surface area contributed by atoms with Crippen molar-refractivity contribution < 1.29 is 14.3 Å². The highest BCUT2D eigenvalue weighted by Crippen LogP contribution is 2.06. The number of carbonyl (C=O) groups excluding carboxylic acids is 1. The second-order valence-electron chi connectivity index (χ2n) is 3.74. The molecule has 1 aromatic carbocycles. The maximum absolute atomic E-state index is 11.7. The molecule has 0 saturated carbocycles. The number of hydrogen-bond donors (Lipinski definition) is 0. The molecule has 90 valence electrons. The van der Waals surface area contributed by atoms with E-state index in [0.29, 0.717) is 19.8 Å². The van der Waals surface area contributed by atoms with Crippen LogP contribution in [0.2, 0.25) is 0 Å². The number of rotatable bonds is 2. The number of carbonyl (C=O) groups is 1. The summed E-state index contributed by atoms with van der Waals surface area (Å²) in [6.45, 7) is 1.56. The van der Waals surface area contributed by atoms with Crippen LogP contribution in [0.25, 0.3) is 0 Å². The van der Waals surface area contributed by atoms with Gasteiger partial charge in [0, 0.05) is 12.7 Å². The number of benzene rings is 1. The van der Waals surface area contributed by atoms with Crippen LogP contribution in [0.3, 0.4) is 0 Å². The molecule has 0 unspecified atom stereocenters. The van der Waals surface area contributed by atoms with Crippen molar-refractivity contribution in [2.45, 2.75) is 13.0 Å². The molecule has 0 aliphatic carbocycles. The van der Waals surface area contributed by atoms with Crippen LogP contribution in [0.1, 0.15) is 12.0 Å². The molecule has 1 aliphatic heterocycles. The van der Waals surface area contributed by atoms with Crippen LogP contribution in [-0.4, -0.2) is 24.1 Å². The summed E-state index contributed by atoms with van der Waals surface area (Å²) in [6, 6.07) is 9.62. The van der Waals surface area contributed by atoms with E-state index in [1.54, 1.807) is 6.20 Å². The van der Waals surface area contributed by atoms with E-state index in [1.165, 1.54) is 11.2 Å². The molecule has 0 radical (unpaired) electrons. The number of amides is 1. The third-order valence-corrected chi connectivity index (χ3v) is 2.44. The lowest BCUT2D eigenvalue weighted by Gasteiger charge is -2.15. The van der Waals surface area contributed by atoms with Crippen molar-refractivity contribution >= 4 is 6.09 Å². The van der Waals surface area contributed by atoms with E-state index in [-0.39, 0.29) is 6.09 Å². The summed E-state index contributed by atoms with van der Waals surface area (Å²) < 4.78 is 10.3. The number of nitrogens with zero attached hydrogens (tertiary/aromatic N) is 1. The maximum Gasteiger partial charge on any atom is 0.414 e. The normalized spacial score (nSPS) is 14.9. The molecule has 4 nitrogen and oxygen atoms in total. The van der Waals surface area contributed by atoms with Gasteiger partial charge in [0.15, 0.2) is 0 Å². The zero-order valence-electron chi connectivity index (χ0n) is 9.54. The molecule has 0 spiro atoms. The SMILES string of the molecule is O=C(OCc1ccccc1)N1C=COCCC1. The fourth-order valence-corrected chi connectivity index (χ4v) is 1.53. The van der Waals surface area contributed by atoms with Crippen molar-refractivity contribution in [2.75, 3.05) is 13.2 Å². The predicted octanol–water partition coefficient (Wildman–Crippen LogP) is 2.52. The van der Waals surface area contributed by atoms with Crippen molar-refractivity contribution in [1.82, 2.24) is 4.90 Å². The Morgan fingerprint density at radius 2 is 2.18 bits per heavy atom. The van der Waals surface area contributed by atoms with Crippen molar-refractivity contribution in [3.05, 3.63) is 48.4 Å². The van der Waals surface area contributed by atoms with Crippen molar-refractivity contribution in [3.8, 4) is 0 Å². The van der Waals surface area contributed by atoms with Crippen LogP contribution in [-0.2, 0) is 16.1 Å². The van der Waals surface area contributed by atoms with Gasteiger partial charge in [-0.1, -0.05) is 30.3 Å². The van der Waals surface area contributed by atoms with E-state index < -0.39 is 0 Å². The first-order valence-electron chi connectivity index (χ1n) is 5.62. The Morgan fingerprint density at radius 3 is 3.00 bits per heavy atom. The topological polar surface area (TPSA) is 38.8 Å². The molecule has 0 atom stereocenters. The van der Waals surface area contributed by atoms with E-state index in [0.717, 1.165) is 12.0 Å². The van der Waals surface area contributed by atoms with Gasteiger partial charge < -0.3 is 9.47 Å². The maximum atomic E-state index is 11.7. The molecular weight excluding hydrogens is 218 g/mol. The molecule has 0 saturated heterocycles. The Kier molecular flexibility index (Phi) is 4.02. The average Bonchev–Trinajstić information content (AvgIpc) is 2.66. The lowest BCUT2D eigenvalue weighted by atomic mass is 10.2. The zero-order chi connectivity index (χ0) is 11.9. The molecule has 0 N–H and O–H groups in total. The summed E-state index contributed by atoms with van der Waals surface area (Å²) in [5, 5.41) is 0. The Bertz CT molecular complexity index is 389. The smallest absolute Gasteiger partial charge is 0.414 e. The Hall–Kier alpha value is -1.97. The first-order chi connectivity index (χ1) is 8.36. The molecule has 0 fully saturated rings. The van der Waals surface area contributed by atoms with Gasteiger partial charge in [0.05, 0.1) is 12.9 Å². The lowest BCUT2D eigenvalue weighted by molar-refractivity contribution is 0.111. The third-order valence-electron chi connectivity index (χ3n) is 2.44. The van der Waals surface area contributed by atoms with E-state index in [9.17, 15) is 4.79 Å². The Balaban J connectivity index is 1.84. The van der Waals surface area contributed by atoms with Gasteiger partial charge in [-0.25, -0.2) is 4.79 Å². The zero-order valence-corrected chi connectivity index (χ0v) is 9.54. The summed E-state index contributed by atoms with van der Waals surface area (Å²) in [5.74, 6) is 0. The van der Waals surface area contributed by atoms with Gasteiger partial charge in [-0.3, -0.25) is 4.90 Å². The largest absolute Gasteiger partial charge is 0.500 e. The van der Waals surface area contributed by atoms with Crippen LogP contribution < -0.4 is 0 Å². The van der Waals surface area contributed by atoms with Crippen molar-refractivity contribution in [2.24, 2.45) is 0 Å². The highest BCUT2D eigenvalue weighted by Gasteiger charge is 2.13. The Morgan fingerprint density at radius 1 is 1.35 bits per heavy atom. The van der Waals surface area contributed by atoms with Gasteiger partial charge in [-0.15, -0.1) is 0 Å². The fourth-order valence-electron chi connectivity index (χ4n) is 1.53. The van der Waals surface area contributed by atoms with Crippen LogP contribution in [0, 0.1) is 0 Å². The summed E-state index contributed by atoms with van der Waals surface area (Å²) in [5.41, 5.74) is 0.982. The second-order valence-corrected chi connectivity index (χ2v) is 3.74. The summed E-state index contributed by atoms with van der Waals surface area (Å²) >= 11 is 0. The molecule has 17 heavy (non-hydrogen) atoms. The molecule has 4 heteroatoms. The van der Waals surface area contributed by atoms with E-state index >= 15 is 0 Å². The minimum atomic E-state index is -0.337. The van der Waals surface area contributed by atoms with Gasteiger partial charge in [-0.05, 0) is 12.0 Å². The van der Waals surface area contributed by atoms with Gasteiger partial charge in [-0.2, -0.15) is 0 Å². The summed E-state index contributed by atoms with van der Waals surface area (Å²) in [6.07, 6.45) is 3.61. The van der Waals surface area contributed by atoms with Gasteiger partial charge in [0.1, 0.15) is 6.61 Å². The first kappa shape index (κ1) is 11.5. The number of hydrogen-bond acceptors (Lipinski definition) is 3. The highest BCUT2D eigenvalue weighted by molar-refractivity contribution is 5.68. The van der Waals surface area contributed by atoms with Gasteiger partial charge in [0.2, 0.25) is 0 Å². The van der Waals surface area contributed by atoms with Crippen LogP contribution in [0.4, 0.5) is 4.79 Å². The molecule has 1 aliphatic rings. The monoisotopic (exact) mass is 233 g/mol. The summed E-state index contributed by atoms with van der Waals surface area (Å²) in [4.78, 5) is 13.2. The molecule has 1 amide bonds. The fraction of sp³-hybridized carbons (Fsp3) is 0.308. The van der Waals surface area contributed by atoms with Gasteiger partial charge >= 0.3 is 6.09 Å². The van der Waals surface area contributed by atoms with Crippen molar-refractivity contribution in [3.63, 3.8) is 0 Å². The molecule has 2 rings (SSSR count). The first-order valence-corrected chi connectivity index (χ1v) is 5.62. The second kappa shape index (κ2) is 5.94. The van der Waals surface area contributed by atoms with Crippen LogP contribution >= 0.6 is 0 Å². The van der Waals surface area contributed by atoms with E-state index in [2.05, 4.69) is 0 Å². The quantitative estimate of drug-likeness (QED) is 0.787. The minimum absolute atomic E-state index is 0.296. The minimum Gasteiger partial charge on any atom is -0.500 e. The highest BCUT2D eigenvalue weighted by atomic mass is 16.6. The van der Waals surface area contributed by atoms with E-state index in [4.69, 9.17) is 9.47 Å². The van der Waals surface area contributed by atoms with E-state index in [1.807, 2.05) is 30.3 Å². The molecule has 0 bridgehead atoms. The summed E-state index contributed by atoms with van der Waals surface area (Å²) in [7, 11) is 0. The molecule has 1 aromatic rings. The molecular formula is C13H15NO3. The lowest BCUT2D eigenvalue weighted by Crippen LogP contribution is -2.27. The Labute approximate surface area is 100 Å². The molecule has 0 aromatic heterocycles. The molecule has 1 heterocycles. The standard InChI is InChI=1S/C13H15NO3/c15-13(14-7-4-9-16-10-8-14)17-11-12-5-2-1-3-6-12/h1-3,5-6,8,10H,4,7,9,11H2. The average molecular weight is 233 g/mol. The van der Waals surface area contributed by atoms with Crippen LogP contribution in [0.5, 0.6) is 0 Å². The number of ether oxygens (including phenoxy) is 2. The third kappa shape index (κ3) is 3.52. The van der Waals surface area contributed by atoms with Crippen molar-refractivity contribution in [1.29, 1.82) is 0 Å². The van der Waals surface area contributed by atoms with Crippen LogP contribution in [0.15, 0.2) is 42.8 Å².